The van der Waals surface area contributed by atoms with E-state index in [9.17, 15) is 4.79 Å². The van der Waals surface area contributed by atoms with E-state index in [2.05, 4.69) is 27.0 Å². The Morgan fingerprint density at radius 2 is 1.96 bits per heavy atom. The van der Waals surface area contributed by atoms with Crippen molar-refractivity contribution in [2.75, 3.05) is 37.8 Å². The zero-order chi connectivity index (χ0) is 18.8. The van der Waals surface area contributed by atoms with Crippen LogP contribution in [0.25, 0.3) is 16.9 Å². The molecule has 1 saturated heterocycles. The largest absolute Gasteiger partial charge is 0.462 e. The minimum Gasteiger partial charge on any atom is -0.462 e. The molecule has 3 heterocycles. The van der Waals surface area contributed by atoms with Gasteiger partial charge in [0.15, 0.2) is 0 Å². The lowest BCUT2D eigenvalue weighted by Gasteiger charge is -2.29. The van der Waals surface area contributed by atoms with Gasteiger partial charge in [-0.25, -0.2) is 14.8 Å². The summed E-state index contributed by atoms with van der Waals surface area (Å²) in [6.07, 6.45) is 3.39. The summed E-state index contributed by atoms with van der Waals surface area (Å²) in [6.45, 7) is 7.13. The quantitative estimate of drug-likeness (QED) is 0.662. The average molecular weight is 366 g/mol. The number of fused-ring (bicyclic) bond motifs is 1. The Bertz CT molecular complexity index is 962. The molecular formula is C20H22N4O3. The second-order valence-electron chi connectivity index (χ2n) is 6.37. The highest BCUT2D eigenvalue weighted by atomic mass is 16.5. The first-order valence-electron chi connectivity index (χ1n) is 9.13. The Morgan fingerprint density at radius 3 is 2.67 bits per heavy atom. The van der Waals surface area contributed by atoms with Crippen molar-refractivity contribution in [3.8, 4) is 5.95 Å². The van der Waals surface area contributed by atoms with Gasteiger partial charge in [-0.3, -0.25) is 4.57 Å². The molecule has 7 nitrogen and oxygen atoms in total. The number of hydrogen-bond acceptors (Lipinski definition) is 6. The lowest BCUT2D eigenvalue weighted by Crippen LogP contribution is -2.36. The van der Waals surface area contributed by atoms with E-state index in [4.69, 9.17) is 9.47 Å². The number of benzene rings is 1. The van der Waals surface area contributed by atoms with Crippen LogP contribution in [0, 0.1) is 6.92 Å². The van der Waals surface area contributed by atoms with Crippen molar-refractivity contribution in [3.63, 3.8) is 0 Å². The fourth-order valence-electron chi connectivity index (χ4n) is 3.55. The van der Waals surface area contributed by atoms with E-state index in [0.29, 0.717) is 31.3 Å². The van der Waals surface area contributed by atoms with Crippen molar-refractivity contribution in [2.24, 2.45) is 0 Å². The Morgan fingerprint density at radius 1 is 1.22 bits per heavy atom. The zero-order valence-corrected chi connectivity index (χ0v) is 15.5. The molecule has 2 aromatic heterocycles. The average Bonchev–Trinajstić information content (AvgIpc) is 3.00. The van der Waals surface area contributed by atoms with Gasteiger partial charge in [0.05, 0.1) is 30.9 Å². The van der Waals surface area contributed by atoms with Crippen molar-refractivity contribution in [1.29, 1.82) is 0 Å². The molecule has 0 unspecified atom stereocenters. The first-order chi connectivity index (χ1) is 13.2. The maximum absolute atomic E-state index is 12.7. The van der Waals surface area contributed by atoms with Gasteiger partial charge in [-0.05, 0) is 38.1 Å². The fourth-order valence-corrected chi connectivity index (χ4v) is 3.55. The number of nitrogens with zero attached hydrogens (tertiary/aromatic N) is 4. The molecule has 140 valence electrons. The Hall–Kier alpha value is -2.93. The maximum atomic E-state index is 12.7. The van der Waals surface area contributed by atoms with E-state index in [1.54, 1.807) is 18.5 Å². The van der Waals surface area contributed by atoms with Crippen LogP contribution in [-0.4, -0.2) is 53.4 Å². The van der Waals surface area contributed by atoms with Gasteiger partial charge < -0.3 is 14.4 Å². The second-order valence-corrected chi connectivity index (χ2v) is 6.37. The smallest absolute Gasteiger partial charge is 0.340 e. The third-order valence-electron chi connectivity index (χ3n) is 4.80. The van der Waals surface area contributed by atoms with Gasteiger partial charge in [0.2, 0.25) is 5.95 Å². The fraction of sp³-hybridized carbons (Fsp3) is 0.350. The molecule has 0 spiro atoms. The first-order valence-corrected chi connectivity index (χ1v) is 9.13. The summed E-state index contributed by atoms with van der Waals surface area (Å²) in [7, 11) is 0. The normalized spacial score (nSPS) is 14.5. The number of anilines is 1. The molecule has 0 amide bonds. The van der Waals surface area contributed by atoms with Gasteiger partial charge in [0, 0.05) is 42.3 Å². The SMILES string of the molecule is CCOC(=O)c1c(C)n(-c2ncccn2)c2ccc(N3CCOCC3)cc12. The molecule has 0 radical (unpaired) electrons. The number of carbonyl (C=O) groups excluding carboxylic acids is 1. The van der Waals surface area contributed by atoms with Gasteiger partial charge >= 0.3 is 5.97 Å². The number of hydrogen-bond donors (Lipinski definition) is 0. The third-order valence-corrected chi connectivity index (χ3v) is 4.80. The Balaban J connectivity index is 1.91. The monoisotopic (exact) mass is 366 g/mol. The highest BCUT2D eigenvalue weighted by Crippen LogP contribution is 2.32. The van der Waals surface area contributed by atoms with Crippen LogP contribution in [0.5, 0.6) is 0 Å². The van der Waals surface area contributed by atoms with E-state index >= 15 is 0 Å². The number of morpholine rings is 1. The number of carbonyl (C=O) groups is 1. The zero-order valence-electron chi connectivity index (χ0n) is 15.5. The van der Waals surface area contributed by atoms with Gasteiger partial charge in [0.1, 0.15) is 0 Å². The van der Waals surface area contributed by atoms with Gasteiger partial charge in [-0.15, -0.1) is 0 Å². The van der Waals surface area contributed by atoms with Crippen molar-refractivity contribution >= 4 is 22.6 Å². The summed E-state index contributed by atoms with van der Waals surface area (Å²) < 4.78 is 12.7. The highest BCUT2D eigenvalue weighted by molar-refractivity contribution is 6.07. The summed E-state index contributed by atoms with van der Waals surface area (Å²) >= 11 is 0. The number of ether oxygens (including phenoxy) is 2. The van der Waals surface area contributed by atoms with Crippen LogP contribution in [0.4, 0.5) is 5.69 Å². The van der Waals surface area contributed by atoms with Gasteiger partial charge in [0.25, 0.3) is 0 Å². The van der Waals surface area contributed by atoms with Crippen LogP contribution in [-0.2, 0) is 9.47 Å². The molecule has 27 heavy (non-hydrogen) atoms. The van der Waals surface area contributed by atoms with Crippen LogP contribution in [0.2, 0.25) is 0 Å². The van der Waals surface area contributed by atoms with E-state index in [-0.39, 0.29) is 5.97 Å². The van der Waals surface area contributed by atoms with E-state index in [1.165, 1.54) is 0 Å². The molecular weight excluding hydrogens is 344 g/mol. The predicted octanol–water partition coefficient (Wildman–Crippen LogP) is 2.74. The minimum absolute atomic E-state index is 0.325. The molecule has 1 aliphatic rings. The summed E-state index contributed by atoms with van der Waals surface area (Å²) in [5.74, 6) is 0.212. The van der Waals surface area contributed by atoms with Crippen LogP contribution in [0.1, 0.15) is 23.0 Å². The molecule has 1 fully saturated rings. The first kappa shape index (κ1) is 17.5. The Labute approximate surface area is 157 Å². The van der Waals surface area contributed by atoms with Crippen LogP contribution >= 0.6 is 0 Å². The molecule has 4 rings (SSSR count). The van der Waals surface area contributed by atoms with Crippen molar-refractivity contribution in [3.05, 3.63) is 47.9 Å². The lowest BCUT2D eigenvalue weighted by molar-refractivity contribution is 0.0527. The van der Waals surface area contributed by atoms with Crippen molar-refractivity contribution < 1.29 is 14.3 Å². The minimum atomic E-state index is -0.325. The molecule has 0 aliphatic carbocycles. The van der Waals surface area contributed by atoms with Gasteiger partial charge in [-0.2, -0.15) is 0 Å². The number of rotatable bonds is 4. The summed E-state index contributed by atoms with van der Waals surface area (Å²) in [6, 6.07) is 7.92. The maximum Gasteiger partial charge on any atom is 0.340 e. The summed E-state index contributed by atoms with van der Waals surface area (Å²) in [5.41, 5.74) is 3.30. The summed E-state index contributed by atoms with van der Waals surface area (Å²) in [4.78, 5) is 23.7. The van der Waals surface area contributed by atoms with E-state index in [0.717, 1.165) is 35.4 Å². The van der Waals surface area contributed by atoms with Crippen LogP contribution in [0.15, 0.2) is 36.7 Å². The third kappa shape index (κ3) is 3.14. The second kappa shape index (κ2) is 7.36. The molecule has 0 N–H and O–H groups in total. The standard InChI is InChI=1S/C20H22N4O3/c1-3-27-19(25)18-14(2)24(20-21-7-4-8-22-20)17-6-5-15(13-16(17)18)23-9-11-26-12-10-23/h4-8,13H,3,9-12H2,1-2H3. The molecule has 1 aliphatic heterocycles. The molecule has 0 saturated carbocycles. The Kier molecular flexibility index (Phi) is 4.77. The van der Waals surface area contributed by atoms with Gasteiger partial charge in [-0.1, -0.05) is 0 Å². The topological polar surface area (TPSA) is 69.5 Å². The predicted molar refractivity (Wildman–Crippen MR) is 103 cm³/mol. The molecule has 0 atom stereocenters. The molecule has 0 bridgehead atoms. The van der Waals surface area contributed by atoms with Crippen molar-refractivity contribution in [2.45, 2.75) is 13.8 Å². The number of aromatic nitrogens is 3. The lowest BCUT2D eigenvalue weighted by atomic mass is 10.1. The summed E-state index contributed by atoms with van der Waals surface area (Å²) in [5, 5.41) is 0.849. The van der Waals surface area contributed by atoms with Crippen LogP contribution < -0.4 is 4.90 Å². The molecule has 3 aromatic rings. The number of esters is 1. The molecule has 7 heteroatoms. The molecule has 1 aromatic carbocycles. The highest BCUT2D eigenvalue weighted by Gasteiger charge is 2.24. The van der Waals surface area contributed by atoms with Crippen LogP contribution in [0.3, 0.4) is 0 Å². The van der Waals surface area contributed by atoms with E-state index < -0.39 is 0 Å². The van der Waals surface area contributed by atoms with Crippen molar-refractivity contribution in [1.82, 2.24) is 14.5 Å². The van der Waals surface area contributed by atoms with E-state index in [1.807, 2.05) is 24.5 Å².